The van der Waals surface area contributed by atoms with E-state index in [4.69, 9.17) is 11.6 Å². The minimum atomic E-state index is -0.146. The highest BCUT2D eigenvalue weighted by Crippen LogP contribution is 2.36. The van der Waals surface area contributed by atoms with Gasteiger partial charge in [0, 0.05) is 16.1 Å². The lowest BCUT2D eigenvalue weighted by Gasteiger charge is -2.19. The van der Waals surface area contributed by atoms with E-state index in [1.54, 1.807) is 0 Å². The van der Waals surface area contributed by atoms with Crippen molar-refractivity contribution in [3.05, 3.63) is 101 Å². The number of anilines is 1. The Balaban J connectivity index is 1.82. The number of nitrogens with zero attached hydrogens (tertiary/aromatic N) is 1. The lowest BCUT2D eigenvalue weighted by Crippen LogP contribution is -2.16. The van der Waals surface area contributed by atoms with Crippen molar-refractivity contribution < 1.29 is 4.79 Å². The van der Waals surface area contributed by atoms with Crippen LogP contribution in [0.5, 0.6) is 0 Å². The molecule has 0 aliphatic carbocycles. The number of fused-ring (bicyclic) bond motifs is 4. The lowest BCUT2D eigenvalue weighted by atomic mass is 10.0. The lowest BCUT2D eigenvalue weighted by molar-refractivity contribution is 0.0964. The van der Waals surface area contributed by atoms with E-state index in [1.807, 2.05) is 77.4 Å². The minimum absolute atomic E-state index is 0.0132. The van der Waals surface area contributed by atoms with Gasteiger partial charge in [0.15, 0.2) is 0 Å². The van der Waals surface area contributed by atoms with Crippen LogP contribution in [-0.2, 0) is 0 Å². The maximum absolute atomic E-state index is 13.3. The van der Waals surface area contributed by atoms with E-state index in [0.29, 0.717) is 10.6 Å². The molecular formula is C22H15ClN2O. The highest BCUT2D eigenvalue weighted by molar-refractivity contribution is 6.30. The topological polar surface area (TPSA) is 34.0 Å². The second-order valence-electron chi connectivity index (χ2n) is 6.44. The van der Waals surface area contributed by atoms with E-state index in [1.165, 1.54) is 0 Å². The van der Waals surface area contributed by atoms with Crippen molar-refractivity contribution in [1.29, 1.82) is 0 Å². The molecule has 5 rings (SSSR count). The summed E-state index contributed by atoms with van der Waals surface area (Å²) in [5, 5.41) is 5.30. The third-order valence-electron chi connectivity index (χ3n) is 4.90. The Hall–Kier alpha value is -3.04. The van der Waals surface area contributed by atoms with Crippen LogP contribution < -0.4 is 5.32 Å². The molecule has 3 nitrogen and oxygen atoms in total. The zero-order chi connectivity index (χ0) is 17.7. The zero-order valence-electron chi connectivity index (χ0n) is 13.8. The summed E-state index contributed by atoms with van der Waals surface area (Å²) in [7, 11) is 0. The first-order valence-corrected chi connectivity index (χ1v) is 8.86. The van der Waals surface area contributed by atoms with E-state index >= 15 is 0 Å². The number of para-hydroxylation sites is 2. The maximum atomic E-state index is 13.3. The molecule has 0 fully saturated rings. The van der Waals surface area contributed by atoms with Gasteiger partial charge in [-0.05, 0) is 42.0 Å². The molecule has 0 radical (unpaired) electrons. The smallest absolute Gasteiger partial charge is 0.264 e. The highest BCUT2D eigenvalue weighted by Gasteiger charge is 2.29. The van der Waals surface area contributed by atoms with E-state index < -0.39 is 0 Å². The van der Waals surface area contributed by atoms with Crippen molar-refractivity contribution in [2.24, 2.45) is 0 Å². The minimum Gasteiger partial charge on any atom is -0.372 e. The molecule has 4 heteroatoms. The standard InChI is InChI=1S/C22H15ClN2O/c23-16-11-9-14(10-12-16)21-20-13-15-5-1-4-8-19(15)25(20)22(26)17-6-2-3-7-18(17)24-21/h1-13,21,24H. The van der Waals surface area contributed by atoms with Crippen molar-refractivity contribution in [2.75, 3.05) is 5.32 Å². The number of halogens is 1. The first-order chi connectivity index (χ1) is 12.7. The second kappa shape index (κ2) is 5.75. The first kappa shape index (κ1) is 15.2. The van der Waals surface area contributed by atoms with E-state index in [9.17, 15) is 4.79 Å². The molecule has 4 aromatic rings. The predicted octanol–water partition coefficient (Wildman–Crippen LogP) is 5.50. The van der Waals surface area contributed by atoms with Crippen LogP contribution in [0.4, 0.5) is 5.69 Å². The van der Waals surface area contributed by atoms with Crippen molar-refractivity contribution in [3.8, 4) is 0 Å². The van der Waals surface area contributed by atoms with E-state index in [2.05, 4.69) is 11.4 Å². The van der Waals surface area contributed by atoms with Gasteiger partial charge in [0.1, 0.15) is 0 Å². The van der Waals surface area contributed by atoms with Gasteiger partial charge in [0.05, 0.1) is 22.8 Å². The molecule has 0 amide bonds. The van der Waals surface area contributed by atoms with Gasteiger partial charge in [-0.25, -0.2) is 0 Å². The third-order valence-corrected chi connectivity index (χ3v) is 5.15. The summed E-state index contributed by atoms with van der Waals surface area (Å²) >= 11 is 6.07. The van der Waals surface area contributed by atoms with Gasteiger partial charge in [0.25, 0.3) is 5.91 Å². The van der Waals surface area contributed by atoms with Crippen LogP contribution in [0.25, 0.3) is 10.9 Å². The summed E-state index contributed by atoms with van der Waals surface area (Å²) in [4.78, 5) is 13.3. The average Bonchev–Trinajstić information content (AvgIpc) is 3.00. The molecule has 0 spiro atoms. The fourth-order valence-corrected chi connectivity index (χ4v) is 3.80. The number of aromatic nitrogens is 1. The van der Waals surface area contributed by atoms with Crippen LogP contribution in [0.15, 0.2) is 78.9 Å². The molecule has 126 valence electrons. The van der Waals surface area contributed by atoms with Gasteiger partial charge in [-0.15, -0.1) is 0 Å². The van der Waals surface area contributed by atoms with Crippen LogP contribution in [-0.4, -0.2) is 10.5 Å². The summed E-state index contributed by atoms with van der Waals surface area (Å²) in [6.07, 6.45) is 0. The third kappa shape index (κ3) is 2.25. The number of rotatable bonds is 1. The van der Waals surface area contributed by atoms with Gasteiger partial charge in [-0.3, -0.25) is 9.36 Å². The van der Waals surface area contributed by atoms with E-state index in [-0.39, 0.29) is 11.9 Å². The number of nitrogens with one attached hydrogen (secondary N) is 1. The van der Waals surface area contributed by atoms with Gasteiger partial charge in [-0.1, -0.05) is 54.1 Å². The SMILES string of the molecule is O=C1c2ccccc2NC(c2ccc(Cl)cc2)c2cc3ccccc3n21. The normalized spacial score (nSPS) is 15.9. The molecular weight excluding hydrogens is 344 g/mol. The molecule has 1 unspecified atom stereocenters. The Labute approximate surface area is 155 Å². The summed E-state index contributed by atoms with van der Waals surface area (Å²) in [5.74, 6) is -0.0132. The number of carbonyl (C=O) groups excluding carboxylic acids is 1. The van der Waals surface area contributed by atoms with Crippen LogP contribution in [0.2, 0.25) is 5.02 Å². The Kier molecular flexibility index (Phi) is 3.37. The summed E-state index contributed by atoms with van der Waals surface area (Å²) < 4.78 is 1.83. The van der Waals surface area contributed by atoms with E-state index in [0.717, 1.165) is 27.8 Å². The molecule has 0 saturated heterocycles. The Morgan fingerprint density at radius 2 is 1.62 bits per heavy atom. The summed E-state index contributed by atoms with van der Waals surface area (Å²) in [6, 6.07) is 25.3. The van der Waals surface area contributed by atoms with Crippen LogP contribution in [0.3, 0.4) is 0 Å². The fourth-order valence-electron chi connectivity index (χ4n) is 3.67. The van der Waals surface area contributed by atoms with Crippen molar-refractivity contribution in [2.45, 2.75) is 6.04 Å². The van der Waals surface area contributed by atoms with Gasteiger partial charge >= 0.3 is 0 Å². The van der Waals surface area contributed by atoms with Gasteiger partial charge in [-0.2, -0.15) is 0 Å². The zero-order valence-corrected chi connectivity index (χ0v) is 14.6. The van der Waals surface area contributed by atoms with Crippen molar-refractivity contribution >= 4 is 34.1 Å². The maximum Gasteiger partial charge on any atom is 0.264 e. The molecule has 3 aromatic carbocycles. The molecule has 1 aliphatic heterocycles. The largest absolute Gasteiger partial charge is 0.372 e. The fraction of sp³-hybridized carbons (Fsp3) is 0.0455. The molecule has 0 bridgehead atoms. The van der Waals surface area contributed by atoms with Crippen LogP contribution in [0.1, 0.15) is 27.7 Å². The number of carbonyl (C=O) groups is 1. The van der Waals surface area contributed by atoms with Gasteiger partial charge in [0.2, 0.25) is 0 Å². The number of hydrogen-bond donors (Lipinski definition) is 1. The molecule has 1 aromatic heterocycles. The Morgan fingerprint density at radius 3 is 2.46 bits per heavy atom. The van der Waals surface area contributed by atoms with Crippen LogP contribution in [0, 0.1) is 0 Å². The molecule has 1 N–H and O–H groups in total. The molecule has 2 heterocycles. The number of benzene rings is 3. The Morgan fingerprint density at radius 1 is 0.885 bits per heavy atom. The predicted molar refractivity (Wildman–Crippen MR) is 105 cm³/mol. The van der Waals surface area contributed by atoms with Crippen molar-refractivity contribution in [3.63, 3.8) is 0 Å². The summed E-state index contributed by atoms with van der Waals surface area (Å²) in [5.41, 5.74) is 4.42. The number of hydrogen-bond acceptors (Lipinski definition) is 2. The average molecular weight is 359 g/mol. The van der Waals surface area contributed by atoms with Crippen molar-refractivity contribution in [1.82, 2.24) is 4.57 Å². The second-order valence-corrected chi connectivity index (χ2v) is 6.88. The highest BCUT2D eigenvalue weighted by atomic mass is 35.5. The molecule has 0 saturated carbocycles. The monoisotopic (exact) mass is 358 g/mol. The molecule has 26 heavy (non-hydrogen) atoms. The first-order valence-electron chi connectivity index (χ1n) is 8.48. The summed E-state index contributed by atoms with van der Waals surface area (Å²) in [6.45, 7) is 0. The molecule has 1 atom stereocenters. The quantitative estimate of drug-likeness (QED) is 0.487. The Bertz CT molecular complexity index is 1140. The van der Waals surface area contributed by atoms with Crippen LogP contribution >= 0.6 is 11.6 Å². The van der Waals surface area contributed by atoms with Gasteiger partial charge < -0.3 is 5.32 Å². The molecule has 1 aliphatic rings.